The lowest BCUT2D eigenvalue weighted by atomic mass is 10.2. The monoisotopic (exact) mass is 411 g/mol. The van der Waals surface area contributed by atoms with Crippen molar-refractivity contribution in [3.05, 3.63) is 35.6 Å². The first-order valence-electron chi connectivity index (χ1n) is 6.25. The van der Waals surface area contributed by atoms with Crippen LogP contribution in [0.5, 0.6) is 0 Å². The van der Waals surface area contributed by atoms with Crippen LogP contribution in [0.1, 0.15) is 12.5 Å². The normalized spacial score (nSPS) is 12.6. The Morgan fingerprint density at radius 3 is 2.50 bits per heavy atom. The molecule has 1 aromatic carbocycles. The van der Waals surface area contributed by atoms with Gasteiger partial charge in [0.1, 0.15) is 5.82 Å². The topological polar surface area (TPSA) is 27.6 Å². The SMILES string of the molecule is CN=C(NCC(C)SC)N(C)Cc1ccc(F)cc1.I. The standard InChI is InChI=1S/C14H22FN3S.HI/c1-11(19-4)9-17-14(16-2)18(3)10-12-5-7-13(15)8-6-12;/h5-8,11H,9-10H2,1-4H3,(H,16,17);1H. The molecule has 3 nitrogen and oxygen atoms in total. The number of thioether (sulfide) groups is 1. The lowest BCUT2D eigenvalue weighted by Crippen LogP contribution is -2.40. The molecule has 0 aliphatic rings. The van der Waals surface area contributed by atoms with E-state index in [0.29, 0.717) is 11.8 Å². The Hall–Kier alpha value is -0.500. The highest BCUT2D eigenvalue weighted by Crippen LogP contribution is 2.06. The van der Waals surface area contributed by atoms with Crippen LogP contribution >= 0.6 is 35.7 Å². The number of rotatable bonds is 5. The third-order valence-electron chi connectivity index (χ3n) is 2.86. The maximum Gasteiger partial charge on any atom is 0.193 e. The molecule has 0 aliphatic carbocycles. The van der Waals surface area contributed by atoms with Gasteiger partial charge in [-0.3, -0.25) is 4.99 Å². The molecule has 0 heterocycles. The number of halogens is 2. The van der Waals surface area contributed by atoms with Crippen LogP contribution in [0.15, 0.2) is 29.3 Å². The zero-order chi connectivity index (χ0) is 14.3. The molecule has 1 N–H and O–H groups in total. The minimum Gasteiger partial charge on any atom is -0.355 e. The summed E-state index contributed by atoms with van der Waals surface area (Å²) in [5.41, 5.74) is 1.06. The number of benzene rings is 1. The van der Waals surface area contributed by atoms with Gasteiger partial charge >= 0.3 is 0 Å². The minimum atomic E-state index is -0.206. The van der Waals surface area contributed by atoms with Crippen LogP contribution in [0.3, 0.4) is 0 Å². The Labute approximate surface area is 142 Å². The molecule has 1 rings (SSSR count). The summed E-state index contributed by atoms with van der Waals surface area (Å²) in [6.07, 6.45) is 2.09. The highest BCUT2D eigenvalue weighted by molar-refractivity contribution is 14.0. The van der Waals surface area contributed by atoms with Crippen LogP contribution < -0.4 is 5.32 Å². The highest BCUT2D eigenvalue weighted by atomic mass is 127. The van der Waals surface area contributed by atoms with Crippen molar-refractivity contribution in [2.75, 3.05) is 26.9 Å². The Kier molecular flexibility index (Phi) is 10.0. The average Bonchev–Trinajstić information content (AvgIpc) is 2.41. The second kappa shape index (κ2) is 10.3. The summed E-state index contributed by atoms with van der Waals surface area (Å²) in [5.74, 6) is 0.646. The quantitative estimate of drug-likeness (QED) is 0.458. The molecule has 0 amide bonds. The van der Waals surface area contributed by atoms with E-state index in [-0.39, 0.29) is 29.8 Å². The molecule has 0 saturated carbocycles. The molecule has 20 heavy (non-hydrogen) atoms. The summed E-state index contributed by atoms with van der Waals surface area (Å²) in [6, 6.07) is 6.55. The molecular formula is C14H23FIN3S. The first-order valence-corrected chi connectivity index (χ1v) is 7.54. The van der Waals surface area contributed by atoms with Crippen LogP contribution in [0.25, 0.3) is 0 Å². The maximum absolute atomic E-state index is 12.8. The van der Waals surface area contributed by atoms with Crippen molar-refractivity contribution in [1.29, 1.82) is 0 Å². The molecule has 1 aromatic rings. The van der Waals surface area contributed by atoms with Gasteiger partial charge in [-0.25, -0.2) is 4.39 Å². The molecule has 0 aromatic heterocycles. The van der Waals surface area contributed by atoms with Gasteiger partial charge in [0, 0.05) is 32.4 Å². The summed E-state index contributed by atoms with van der Waals surface area (Å²) in [7, 11) is 3.75. The number of nitrogens with zero attached hydrogens (tertiary/aromatic N) is 2. The molecular weight excluding hydrogens is 388 g/mol. The Bertz CT molecular complexity index is 411. The summed E-state index contributed by atoms with van der Waals surface area (Å²) in [4.78, 5) is 6.28. The van der Waals surface area contributed by atoms with E-state index >= 15 is 0 Å². The summed E-state index contributed by atoms with van der Waals surface area (Å²) in [5, 5.41) is 3.87. The number of hydrogen-bond donors (Lipinski definition) is 1. The lowest BCUT2D eigenvalue weighted by molar-refractivity contribution is 0.476. The summed E-state index contributed by atoms with van der Waals surface area (Å²) >= 11 is 1.82. The van der Waals surface area contributed by atoms with Crippen molar-refractivity contribution in [3.63, 3.8) is 0 Å². The van der Waals surface area contributed by atoms with E-state index < -0.39 is 0 Å². The summed E-state index contributed by atoms with van der Waals surface area (Å²) in [6.45, 7) is 3.75. The zero-order valence-electron chi connectivity index (χ0n) is 12.4. The smallest absolute Gasteiger partial charge is 0.193 e. The van der Waals surface area contributed by atoms with Gasteiger partial charge < -0.3 is 10.2 Å². The van der Waals surface area contributed by atoms with Gasteiger partial charge in [-0.05, 0) is 24.0 Å². The van der Waals surface area contributed by atoms with Crippen molar-refractivity contribution in [3.8, 4) is 0 Å². The van der Waals surface area contributed by atoms with Crippen molar-refractivity contribution >= 4 is 41.7 Å². The third kappa shape index (κ3) is 6.78. The summed E-state index contributed by atoms with van der Waals surface area (Å²) < 4.78 is 12.8. The van der Waals surface area contributed by atoms with E-state index in [1.807, 2.05) is 23.7 Å². The van der Waals surface area contributed by atoms with Gasteiger partial charge in [-0.1, -0.05) is 19.1 Å². The molecule has 0 fully saturated rings. The first kappa shape index (κ1) is 19.5. The highest BCUT2D eigenvalue weighted by Gasteiger charge is 2.08. The maximum atomic E-state index is 12.8. The number of guanidine groups is 1. The van der Waals surface area contributed by atoms with Gasteiger partial charge in [-0.15, -0.1) is 24.0 Å². The fourth-order valence-electron chi connectivity index (χ4n) is 1.64. The van der Waals surface area contributed by atoms with E-state index in [9.17, 15) is 4.39 Å². The Morgan fingerprint density at radius 1 is 1.40 bits per heavy atom. The molecule has 114 valence electrons. The van der Waals surface area contributed by atoms with E-state index in [4.69, 9.17) is 0 Å². The number of nitrogens with one attached hydrogen (secondary N) is 1. The fraction of sp³-hybridized carbons (Fsp3) is 0.500. The molecule has 1 atom stereocenters. The van der Waals surface area contributed by atoms with E-state index in [2.05, 4.69) is 23.5 Å². The number of aliphatic imine (C=N–C) groups is 1. The Balaban J connectivity index is 0.00000361. The average molecular weight is 411 g/mol. The first-order chi connectivity index (χ1) is 9.06. The van der Waals surface area contributed by atoms with Gasteiger partial charge in [0.2, 0.25) is 0 Å². The van der Waals surface area contributed by atoms with Crippen molar-refractivity contribution < 1.29 is 4.39 Å². The largest absolute Gasteiger partial charge is 0.355 e. The molecule has 6 heteroatoms. The molecule has 0 aliphatic heterocycles. The second-order valence-corrected chi connectivity index (χ2v) is 5.73. The van der Waals surface area contributed by atoms with Crippen LogP contribution in [-0.2, 0) is 6.54 Å². The van der Waals surface area contributed by atoms with Crippen molar-refractivity contribution in [1.82, 2.24) is 10.2 Å². The molecule has 0 radical (unpaired) electrons. The predicted octanol–water partition coefficient (Wildman–Crippen LogP) is 3.20. The molecule has 0 spiro atoms. The van der Waals surface area contributed by atoms with E-state index in [1.165, 1.54) is 12.1 Å². The third-order valence-corrected chi connectivity index (χ3v) is 3.83. The lowest BCUT2D eigenvalue weighted by Gasteiger charge is -2.23. The van der Waals surface area contributed by atoms with Crippen LogP contribution in [-0.4, -0.2) is 43.0 Å². The van der Waals surface area contributed by atoms with Gasteiger partial charge in [0.25, 0.3) is 0 Å². The zero-order valence-corrected chi connectivity index (χ0v) is 15.5. The van der Waals surface area contributed by atoms with Crippen molar-refractivity contribution in [2.45, 2.75) is 18.7 Å². The van der Waals surface area contributed by atoms with Gasteiger partial charge in [0.05, 0.1) is 0 Å². The molecule has 1 unspecified atom stereocenters. The van der Waals surface area contributed by atoms with Gasteiger partial charge in [-0.2, -0.15) is 11.8 Å². The Morgan fingerprint density at radius 2 is 2.00 bits per heavy atom. The molecule has 0 bridgehead atoms. The van der Waals surface area contributed by atoms with Crippen molar-refractivity contribution in [2.24, 2.45) is 4.99 Å². The van der Waals surface area contributed by atoms with Crippen LogP contribution in [0.2, 0.25) is 0 Å². The van der Waals surface area contributed by atoms with E-state index in [1.54, 1.807) is 19.2 Å². The van der Waals surface area contributed by atoms with Crippen LogP contribution in [0, 0.1) is 5.82 Å². The van der Waals surface area contributed by atoms with Crippen LogP contribution in [0.4, 0.5) is 4.39 Å². The predicted molar refractivity (Wildman–Crippen MR) is 97.6 cm³/mol. The van der Waals surface area contributed by atoms with Gasteiger partial charge in [0.15, 0.2) is 5.96 Å². The number of hydrogen-bond acceptors (Lipinski definition) is 2. The second-order valence-electron chi connectivity index (χ2n) is 4.46. The minimum absolute atomic E-state index is 0. The fourth-order valence-corrected chi connectivity index (χ4v) is 1.89. The van der Waals surface area contributed by atoms with E-state index in [0.717, 1.165) is 18.1 Å². The molecule has 0 saturated heterocycles.